The third kappa shape index (κ3) is 2.03. The molecule has 2 aliphatic heterocycles. The Hall–Kier alpha value is -1.36. The van der Waals surface area contributed by atoms with Crippen LogP contribution in [-0.4, -0.2) is 45.8 Å². The number of carbonyl (C=O) groups excluding carboxylic acids is 1. The maximum Gasteiger partial charge on any atom is 0.257 e. The number of hydrogen-bond acceptors (Lipinski definition) is 3. The number of hydrogen-bond donors (Lipinski definition) is 1. The number of rotatable bonds is 1. The van der Waals surface area contributed by atoms with Crippen molar-refractivity contribution >= 4 is 5.91 Å². The van der Waals surface area contributed by atoms with Crippen LogP contribution in [0.1, 0.15) is 35.3 Å². The Balaban J connectivity index is 1.78. The minimum absolute atomic E-state index is 0.134. The van der Waals surface area contributed by atoms with Crippen LogP contribution in [0.5, 0.6) is 0 Å². The molecule has 1 amide bonds. The van der Waals surface area contributed by atoms with Gasteiger partial charge in [0, 0.05) is 38.4 Å². The molecule has 0 saturated carbocycles. The van der Waals surface area contributed by atoms with Crippen molar-refractivity contribution in [1.29, 1.82) is 0 Å². The molecule has 3 heterocycles. The number of aryl methyl sites for hydroxylation is 2. The first kappa shape index (κ1) is 11.7. The lowest BCUT2D eigenvalue weighted by molar-refractivity contribution is 0.0747. The topological polar surface area (TPSA) is 50.2 Å². The molecule has 2 fully saturated rings. The first-order chi connectivity index (χ1) is 8.63. The molecular formula is C13H20N4O. The van der Waals surface area contributed by atoms with E-state index in [1.54, 1.807) is 4.68 Å². The lowest BCUT2D eigenvalue weighted by atomic mass is 10.1. The van der Waals surface area contributed by atoms with E-state index in [0.29, 0.717) is 12.1 Å². The second-order valence-electron chi connectivity index (χ2n) is 5.48. The van der Waals surface area contributed by atoms with Crippen molar-refractivity contribution in [3.63, 3.8) is 0 Å². The molecule has 5 heteroatoms. The van der Waals surface area contributed by atoms with E-state index >= 15 is 0 Å². The fourth-order valence-electron chi connectivity index (χ4n) is 3.11. The standard InChI is InChI=1S/C13H20N4O/c1-9-12(8-16(2)15-9)13(18)17-6-5-10-3-4-11(7-17)14-10/h8,10-11,14H,3-7H2,1-2H3. The van der Waals surface area contributed by atoms with Crippen LogP contribution in [0.4, 0.5) is 0 Å². The van der Waals surface area contributed by atoms with E-state index in [1.807, 2.05) is 25.1 Å². The summed E-state index contributed by atoms with van der Waals surface area (Å²) in [5, 5.41) is 7.85. The molecule has 18 heavy (non-hydrogen) atoms. The van der Waals surface area contributed by atoms with Gasteiger partial charge in [-0.05, 0) is 26.2 Å². The van der Waals surface area contributed by atoms with E-state index < -0.39 is 0 Å². The number of likely N-dealkylation sites (tertiary alicyclic amines) is 1. The highest BCUT2D eigenvalue weighted by atomic mass is 16.2. The van der Waals surface area contributed by atoms with Gasteiger partial charge in [-0.1, -0.05) is 0 Å². The molecule has 0 spiro atoms. The molecule has 2 bridgehead atoms. The second-order valence-corrected chi connectivity index (χ2v) is 5.48. The van der Waals surface area contributed by atoms with Gasteiger partial charge in [0.05, 0.1) is 11.3 Å². The van der Waals surface area contributed by atoms with Crippen molar-refractivity contribution in [2.24, 2.45) is 7.05 Å². The van der Waals surface area contributed by atoms with E-state index in [1.165, 1.54) is 12.8 Å². The monoisotopic (exact) mass is 248 g/mol. The number of amides is 1. The predicted octanol–water partition coefficient (Wildman–Crippen LogP) is 0.695. The minimum Gasteiger partial charge on any atom is -0.337 e. The van der Waals surface area contributed by atoms with E-state index in [9.17, 15) is 4.79 Å². The van der Waals surface area contributed by atoms with Gasteiger partial charge in [0.15, 0.2) is 0 Å². The molecule has 2 unspecified atom stereocenters. The Morgan fingerprint density at radius 3 is 2.89 bits per heavy atom. The lowest BCUT2D eigenvalue weighted by Crippen LogP contribution is -2.39. The van der Waals surface area contributed by atoms with Gasteiger partial charge in [-0.2, -0.15) is 5.10 Å². The summed E-state index contributed by atoms with van der Waals surface area (Å²) in [6.07, 6.45) is 5.36. The minimum atomic E-state index is 0.134. The van der Waals surface area contributed by atoms with E-state index in [-0.39, 0.29) is 5.91 Å². The number of fused-ring (bicyclic) bond motifs is 2. The summed E-state index contributed by atoms with van der Waals surface area (Å²) in [7, 11) is 1.86. The normalized spacial score (nSPS) is 27.3. The number of nitrogens with zero attached hydrogens (tertiary/aromatic N) is 3. The zero-order valence-corrected chi connectivity index (χ0v) is 11.0. The smallest absolute Gasteiger partial charge is 0.257 e. The van der Waals surface area contributed by atoms with Crippen molar-refractivity contribution in [2.75, 3.05) is 13.1 Å². The molecule has 1 aromatic heterocycles. The molecule has 1 N–H and O–H groups in total. The Morgan fingerprint density at radius 1 is 1.39 bits per heavy atom. The Bertz CT molecular complexity index is 468. The fourth-order valence-corrected chi connectivity index (χ4v) is 3.11. The molecule has 2 atom stereocenters. The molecule has 2 aliphatic rings. The van der Waals surface area contributed by atoms with Gasteiger partial charge in [0.25, 0.3) is 5.91 Å². The molecule has 0 aliphatic carbocycles. The van der Waals surface area contributed by atoms with Gasteiger partial charge >= 0.3 is 0 Å². The Morgan fingerprint density at radius 2 is 2.17 bits per heavy atom. The molecule has 0 aromatic carbocycles. The largest absolute Gasteiger partial charge is 0.337 e. The highest BCUT2D eigenvalue weighted by Crippen LogP contribution is 2.22. The summed E-state index contributed by atoms with van der Waals surface area (Å²) in [5.41, 5.74) is 1.57. The van der Waals surface area contributed by atoms with Gasteiger partial charge in [0.2, 0.25) is 0 Å². The fraction of sp³-hybridized carbons (Fsp3) is 0.692. The van der Waals surface area contributed by atoms with Crippen molar-refractivity contribution in [1.82, 2.24) is 20.0 Å². The molecule has 5 nitrogen and oxygen atoms in total. The van der Waals surface area contributed by atoms with Crippen LogP contribution >= 0.6 is 0 Å². The van der Waals surface area contributed by atoms with Crippen LogP contribution in [0.2, 0.25) is 0 Å². The lowest BCUT2D eigenvalue weighted by Gasteiger charge is -2.24. The van der Waals surface area contributed by atoms with Gasteiger partial charge in [-0.15, -0.1) is 0 Å². The van der Waals surface area contributed by atoms with Crippen LogP contribution < -0.4 is 5.32 Å². The van der Waals surface area contributed by atoms with E-state index in [4.69, 9.17) is 0 Å². The van der Waals surface area contributed by atoms with Crippen molar-refractivity contribution in [3.05, 3.63) is 17.5 Å². The molecular weight excluding hydrogens is 228 g/mol. The average molecular weight is 248 g/mol. The summed E-state index contributed by atoms with van der Waals surface area (Å²) in [4.78, 5) is 14.5. The zero-order valence-electron chi connectivity index (χ0n) is 11.0. The maximum atomic E-state index is 12.5. The van der Waals surface area contributed by atoms with Gasteiger partial charge in [0.1, 0.15) is 0 Å². The molecule has 2 saturated heterocycles. The zero-order chi connectivity index (χ0) is 12.7. The average Bonchev–Trinajstić information content (AvgIpc) is 2.81. The van der Waals surface area contributed by atoms with Crippen molar-refractivity contribution in [3.8, 4) is 0 Å². The first-order valence-corrected chi connectivity index (χ1v) is 6.69. The van der Waals surface area contributed by atoms with Gasteiger partial charge in [-0.25, -0.2) is 0 Å². The van der Waals surface area contributed by atoms with Crippen LogP contribution in [-0.2, 0) is 7.05 Å². The molecule has 3 rings (SSSR count). The number of carbonyl (C=O) groups is 1. The van der Waals surface area contributed by atoms with Crippen LogP contribution in [0.25, 0.3) is 0 Å². The van der Waals surface area contributed by atoms with Crippen LogP contribution in [0, 0.1) is 6.92 Å². The van der Waals surface area contributed by atoms with Gasteiger partial charge in [-0.3, -0.25) is 9.48 Å². The van der Waals surface area contributed by atoms with Gasteiger partial charge < -0.3 is 10.2 Å². The Kier molecular flexibility index (Phi) is 2.86. The number of aromatic nitrogens is 2. The SMILES string of the molecule is Cc1nn(C)cc1C(=O)N1CCC2CCC(C1)N2. The van der Waals surface area contributed by atoms with Crippen molar-refractivity contribution < 1.29 is 4.79 Å². The van der Waals surface area contributed by atoms with Crippen LogP contribution in [0.15, 0.2) is 6.20 Å². The first-order valence-electron chi connectivity index (χ1n) is 6.69. The highest BCUT2D eigenvalue weighted by molar-refractivity contribution is 5.95. The van der Waals surface area contributed by atoms with E-state index in [2.05, 4.69) is 10.4 Å². The van der Waals surface area contributed by atoms with Crippen molar-refractivity contribution in [2.45, 2.75) is 38.3 Å². The third-order valence-electron chi connectivity index (χ3n) is 4.05. The quantitative estimate of drug-likeness (QED) is 0.795. The second kappa shape index (κ2) is 4.39. The Labute approximate surface area is 107 Å². The molecule has 98 valence electrons. The summed E-state index contributed by atoms with van der Waals surface area (Å²) < 4.78 is 1.71. The molecule has 1 aromatic rings. The third-order valence-corrected chi connectivity index (χ3v) is 4.05. The summed E-state index contributed by atoms with van der Waals surface area (Å²) >= 11 is 0. The predicted molar refractivity (Wildman–Crippen MR) is 68.4 cm³/mol. The van der Waals surface area contributed by atoms with Crippen LogP contribution in [0.3, 0.4) is 0 Å². The maximum absolute atomic E-state index is 12.5. The highest BCUT2D eigenvalue weighted by Gasteiger charge is 2.32. The van der Waals surface area contributed by atoms with E-state index in [0.717, 1.165) is 30.8 Å². The number of nitrogens with one attached hydrogen (secondary N) is 1. The summed E-state index contributed by atoms with van der Waals surface area (Å²) in [5.74, 6) is 0.134. The molecule has 0 radical (unpaired) electrons. The summed E-state index contributed by atoms with van der Waals surface area (Å²) in [6, 6.07) is 1.10. The summed E-state index contributed by atoms with van der Waals surface area (Å²) in [6.45, 7) is 3.60.